The molecule has 0 aliphatic rings. The van der Waals surface area contributed by atoms with Crippen LogP contribution in [0.5, 0.6) is 0 Å². The Labute approximate surface area is 118 Å². The molecular weight excluding hydrogens is 246 g/mol. The Morgan fingerprint density at radius 3 is 2.55 bits per heavy atom. The van der Waals surface area contributed by atoms with Crippen molar-refractivity contribution >= 4 is 10.9 Å². The van der Waals surface area contributed by atoms with E-state index in [1.807, 2.05) is 49.4 Å². The molecule has 0 spiro atoms. The van der Waals surface area contributed by atoms with E-state index < -0.39 is 6.10 Å². The van der Waals surface area contributed by atoms with Crippen molar-refractivity contribution in [3.8, 4) is 0 Å². The summed E-state index contributed by atoms with van der Waals surface area (Å²) >= 11 is 0. The molecule has 0 saturated heterocycles. The number of para-hydroxylation sites is 1. The smallest absolute Gasteiger partial charge is 0.106 e. The van der Waals surface area contributed by atoms with Crippen LogP contribution in [0.1, 0.15) is 28.4 Å². The van der Waals surface area contributed by atoms with Crippen LogP contribution in [0.2, 0.25) is 0 Å². The number of aliphatic hydroxyl groups is 1. The van der Waals surface area contributed by atoms with E-state index in [9.17, 15) is 5.11 Å². The Kier molecular flexibility index (Phi) is 3.25. The summed E-state index contributed by atoms with van der Waals surface area (Å²) in [5.74, 6) is 0. The molecule has 3 rings (SSSR count). The normalized spacial score (nSPS) is 12.6. The van der Waals surface area contributed by atoms with Gasteiger partial charge in [-0.2, -0.15) is 0 Å². The fraction of sp³-hybridized carbons (Fsp3) is 0.167. The van der Waals surface area contributed by atoms with Crippen molar-refractivity contribution in [3.05, 3.63) is 77.0 Å². The lowest BCUT2D eigenvalue weighted by Gasteiger charge is -2.16. The number of hydrogen-bond acceptors (Lipinski definition) is 2. The van der Waals surface area contributed by atoms with Crippen LogP contribution in [0.25, 0.3) is 10.9 Å². The Morgan fingerprint density at radius 2 is 1.75 bits per heavy atom. The van der Waals surface area contributed by atoms with Gasteiger partial charge in [0.1, 0.15) is 6.10 Å². The number of fused-ring (bicyclic) bond motifs is 1. The summed E-state index contributed by atoms with van der Waals surface area (Å²) in [5.41, 5.74) is 4.96. The second-order valence-electron chi connectivity index (χ2n) is 5.18. The molecule has 2 aromatic carbocycles. The largest absolute Gasteiger partial charge is 0.384 e. The summed E-state index contributed by atoms with van der Waals surface area (Å²) in [6.07, 6.45) is 1.12. The number of benzene rings is 2. The van der Waals surface area contributed by atoms with E-state index >= 15 is 0 Å². The highest BCUT2D eigenvalue weighted by atomic mass is 16.3. The van der Waals surface area contributed by atoms with Crippen LogP contribution in [0.4, 0.5) is 0 Å². The summed E-state index contributed by atoms with van der Waals surface area (Å²) < 4.78 is 0. The molecule has 0 aliphatic carbocycles. The molecule has 2 nitrogen and oxygen atoms in total. The Morgan fingerprint density at radius 1 is 0.950 bits per heavy atom. The molecule has 0 amide bonds. The highest BCUT2D eigenvalue weighted by Crippen LogP contribution is 2.29. The quantitative estimate of drug-likeness (QED) is 0.760. The van der Waals surface area contributed by atoms with Crippen molar-refractivity contribution in [2.24, 2.45) is 0 Å². The molecule has 20 heavy (non-hydrogen) atoms. The maximum absolute atomic E-state index is 10.7. The molecule has 3 aromatic rings. The molecular formula is C18H17NO. The molecule has 1 heterocycles. The lowest BCUT2D eigenvalue weighted by Crippen LogP contribution is -2.03. The van der Waals surface area contributed by atoms with Gasteiger partial charge in [-0.15, -0.1) is 0 Å². The van der Waals surface area contributed by atoms with Crippen LogP contribution in [0.15, 0.2) is 54.7 Å². The maximum Gasteiger partial charge on any atom is 0.106 e. The van der Waals surface area contributed by atoms with Crippen LogP contribution < -0.4 is 0 Å². The summed E-state index contributed by atoms with van der Waals surface area (Å²) in [6.45, 7) is 4.09. The van der Waals surface area contributed by atoms with Gasteiger partial charge in [-0.3, -0.25) is 4.98 Å². The molecule has 100 valence electrons. The number of nitrogens with zero attached hydrogens (tertiary/aromatic N) is 1. The summed E-state index contributed by atoms with van der Waals surface area (Å²) in [5, 5.41) is 11.8. The number of aryl methyl sites for hydroxylation is 2. The van der Waals surface area contributed by atoms with Gasteiger partial charge in [-0.1, -0.05) is 48.0 Å². The minimum atomic E-state index is -0.644. The van der Waals surface area contributed by atoms with Crippen molar-refractivity contribution in [2.75, 3.05) is 0 Å². The van der Waals surface area contributed by atoms with E-state index in [0.717, 1.165) is 27.6 Å². The van der Waals surface area contributed by atoms with Crippen molar-refractivity contribution in [1.29, 1.82) is 0 Å². The minimum absolute atomic E-state index is 0.644. The zero-order valence-electron chi connectivity index (χ0n) is 11.7. The fourth-order valence-corrected chi connectivity index (χ4v) is 2.65. The Hall–Kier alpha value is -2.19. The van der Waals surface area contributed by atoms with E-state index in [1.165, 1.54) is 5.56 Å². The number of aromatic nitrogens is 1. The van der Waals surface area contributed by atoms with Gasteiger partial charge in [0.05, 0.1) is 5.52 Å². The predicted octanol–water partition coefficient (Wildman–Crippen LogP) is 3.93. The molecule has 0 saturated carbocycles. The fourth-order valence-electron chi connectivity index (χ4n) is 2.65. The van der Waals surface area contributed by atoms with Gasteiger partial charge in [0.2, 0.25) is 0 Å². The van der Waals surface area contributed by atoms with Crippen molar-refractivity contribution < 1.29 is 5.11 Å². The van der Waals surface area contributed by atoms with E-state index in [1.54, 1.807) is 6.20 Å². The van der Waals surface area contributed by atoms with Crippen LogP contribution in [0, 0.1) is 13.8 Å². The molecule has 0 aliphatic heterocycles. The topological polar surface area (TPSA) is 33.1 Å². The molecule has 0 fully saturated rings. The summed E-state index contributed by atoms with van der Waals surface area (Å²) in [6, 6.07) is 16.0. The average Bonchev–Trinajstić information content (AvgIpc) is 2.46. The van der Waals surface area contributed by atoms with E-state index in [4.69, 9.17) is 0 Å². The van der Waals surface area contributed by atoms with Gasteiger partial charge in [-0.05, 0) is 31.0 Å². The predicted molar refractivity (Wildman–Crippen MR) is 81.7 cm³/mol. The van der Waals surface area contributed by atoms with Gasteiger partial charge in [0, 0.05) is 17.1 Å². The number of hydrogen-bond donors (Lipinski definition) is 1. The summed E-state index contributed by atoms with van der Waals surface area (Å²) in [7, 11) is 0. The third kappa shape index (κ3) is 2.19. The minimum Gasteiger partial charge on any atom is -0.384 e. The third-order valence-corrected chi connectivity index (χ3v) is 3.68. The molecule has 1 atom stereocenters. The second kappa shape index (κ2) is 5.06. The second-order valence-corrected chi connectivity index (χ2v) is 5.18. The van der Waals surface area contributed by atoms with Gasteiger partial charge in [0.15, 0.2) is 0 Å². The number of aliphatic hydroxyl groups excluding tert-OH is 1. The zero-order valence-corrected chi connectivity index (χ0v) is 11.7. The maximum atomic E-state index is 10.7. The molecule has 1 unspecified atom stereocenters. The van der Waals surface area contributed by atoms with Gasteiger partial charge < -0.3 is 5.11 Å². The van der Waals surface area contributed by atoms with Crippen LogP contribution in [0.3, 0.4) is 0 Å². The van der Waals surface area contributed by atoms with Crippen molar-refractivity contribution in [1.82, 2.24) is 4.98 Å². The first-order valence-corrected chi connectivity index (χ1v) is 6.75. The first-order chi connectivity index (χ1) is 9.66. The third-order valence-electron chi connectivity index (χ3n) is 3.68. The lowest BCUT2D eigenvalue weighted by atomic mass is 9.94. The highest BCUT2D eigenvalue weighted by Gasteiger charge is 2.16. The van der Waals surface area contributed by atoms with E-state index in [2.05, 4.69) is 18.0 Å². The van der Waals surface area contributed by atoms with Gasteiger partial charge in [0.25, 0.3) is 0 Å². The summed E-state index contributed by atoms with van der Waals surface area (Å²) in [4.78, 5) is 4.41. The number of pyridine rings is 1. The SMILES string of the molecule is Cc1ccc(C(O)c2cccc3cccnc23)c(C)c1. The Balaban J connectivity index is 2.15. The average molecular weight is 263 g/mol. The lowest BCUT2D eigenvalue weighted by molar-refractivity contribution is 0.221. The number of rotatable bonds is 2. The van der Waals surface area contributed by atoms with Crippen molar-refractivity contribution in [3.63, 3.8) is 0 Å². The molecule has 0 bridgehead atoms. The standard InChI is InChI=1S/C18H17NO/c1-12-8-9-15(13(2)11-12)18(20)16-7-3-5-14-6-4-10-19-17(14)16/h3-11,18,20H,1-2H3. The molecule has 1 aromatic heterocycles. The van der Waals surface area contributed by atoms with Gasteiger partial charge in [-0.25, -0.2) is 0 Å². The van der Waals surface area contributed by atoms with Crippen LogP contribution in [-0.4, -0.2) is 10.1 Å². The Bertz CT molecular complexity index is 759. The van der Waals surface area contributed by atoms with Gasteiger partial charge >= 0.3 is 0 Å². The van der Waals surface area contributed by atoms with Crippen molar-refractivity contribution in [2.45, 2.75) is 20.0 Å². The molecule has 2 heteroatoms. The first kappa shape index (κ1) is 12.8. The zero-order chi connectivity index (χ0) is 14.1. The highest BCUT2D eigenvalue weighted by molar-refractivity contribution is 5.82. The van der Waals surface area contributed by atoms with Crippen LogP contribution >= 0.6 is 0 Å². The van der Waals surface area contributed by atoms with E-state index in [-0.39, 0.29) is 0 Å². The molecule has 1 N–H and O–H groups in total. The van der Waals surface area contributed by atoms with Crippen LogP contribution in [-0.2, 0) is 0 Å². The van der Waals surface area contributed by atoms with E-state index in [0.29, 0.717) is 0 Å². The monoisotopic (exact) mass is 263 g/mol. The molecule has 0 radical (unpaired) electrons. The first-order valence-electron chi connectivity index (χ1n) is 6.75.